The molecule has 0 aromatic heterocycles. The molecule has 6 heteroatoms. The van der Waals surface area contributed by atoms with E-state index in [1.807, 2.05) is 25.1 Å². The summed E-state index contributed by atoms with van der Waals surface area (Å²) in [5.74, 6) is -0.0298. The lowest BCUT2D eigenvalue weighted by molar-refractivity contribution is 0.102. The summed E-state index contributed by atoms with van der Waals surface area (Å²) in [6, 6.07) is 19.1. The second-order valence-corrected chi connectivity index (χ2v) is 9.28. The van der Waals surface area contributed by atoms with E-state index >= 15 is 0 Å². The van der Waals surface area contributed by atoms with Gasteiger partial charge in [0.25, 0.3) is 15.9 Å². The van der Waals surface area contributed by atoms with E-state index in [4.69, 9.17) is 0 Å². The number of nitrogens with one attached hydrogen (secondary N) is 2. The van der Waals surface area contributed by atoms with Gasteiger partial charge in [-0.1, -0.05) is 56.3 Å². The number of para-hydroxylation sites is 1. The Hall–Kier alpha value is -3.12. The van der Waals surface area contributed by atoms with Gasteiger partial charge in [-0.15, -0.1) is 0 Å². The molecule has 0 bridgehead atoms. The predicted octanol–water partition coefficient (Wildman–Crippen LogP) is 5.48. The molecule has 0 heterocycles. The SMILES string of the molecule is Cc1ccc(C(=O)Nc2c(C)cccc2C(C)C)cc1NS(=O)(=O)c1ccccc1. The van der Waals surface area contributed by atoms with Crippen molar-refractivity contribution in [2.24, 2.45) is 0 Å². The minimum atomic E-state index is -3.74. The topological polar surface area (TPSA) is 75.3 Å². The van der Waals surface area contributed by atoms with Gasteiger partial charge >= 0.3 is 0 Å². The van der Waals surface area contributed by atoms with Gasteiger partial charge in [-0.05, 0) is 60.7 Å². The number of sulfonamides is 1. The van der Waals surface area contributed by atoms with Gasteiger partial charge in [0, 0.05) is 11.3 Å². The first-order valence-corrected chi connectivity index (χ1v) is 11.3. The van der Waals surface area contributed by atoms with Crippen LogP contribution in [0.25, 0.3) is 0 Å². The lowest BCUT2D eigenvalue weighted by Crippen LogP contribution is -2.17. The van der Waals surface area contributed by atoms with E-state index in [2.05, 4.69) is 23.9 Å². The van der Waals surface area contributed by atoms with Crippen LogP contribution in [0.15, 0.2) is 71.6 Å². The first-order valence-electron chi connectivity index (χ1n) is 9.78. The van der Waals surface area contributed by atoms with Crippen LogP contribution in [-0.2, 0) is 10.0 Å². The number of benzene rings is 3. The normalized spacial score (nSPS) is 11.4. The smallest absolute Gasteiger partial charge is 0.261 e. The van der Waals surface area contributed by atoms with Crippen molar-refractivity contribution in [3.8, 4) is 0 Å². The highest BCUT2D eigenvalue weighted by Crippen LogP contribution is 2.28. The zero-order valence-corrected chi connectivity index (χ0v) is 18.4. The van der Waals surface area contributed by atoms with Crippen LogP contribution < -0.4 is 10.0 Å². The Morgan fingerprint density at radius 1 is 0.867 bits per heavy atom. The number of rotatable bonds is 6. The maximum absolute atomic E-state index is 13.0. The van der Waals surface area contributed by atoms with Crippen molar-refractivity contribution in [2.45, 2.75) is 38.5 Å². The van der Waals surface area contributed by atoms with Crippen LogP contribution in [0.2, 0.25) is 0 Å². The third-order valence-corrected chi connectivity index (χ3v) is 6.34. The quantitative estimate of drug-likeness (QED) is 0.552. The molecule has 0 atom stereocenters. The van der Waals surface area contributed by atoms with E-state index in [-0.39, 0.29) is 16.7 Å². The summed E-state index contributed by atoms with van der Waals surface area (Å²) >= 11 is 0. The van der Waals surface area contributed by atoms with Gasteiger partial charge in [0.05, 0.1) is 10.6 Å². The second kappa shape index (κ2) is 8.71. The summed E-state index contributed by atoms with van der Waals surface area (Å²) in [5.41, 5.74) is 4.31. The Kier molecular flexibility index (Phi) is 6.27. The average Bonchev–Trinajstić information content (AvgIpc) is 2.71. The molecular weight excluding hydrogens is 396 g/mol. The highest BCUT2D eigenvalue weighted by Gasteiger charge is 2.18. The number of carbonyl (C=O) groups excluding carboxylic acids is 1. The van der Waals surface area contributed by atoms with Crippen LogP contribution in [0, 0.1) is 13.8 Å². The Labute approximate surface area is 178 Å². The van der Waals surface area contributed by atoms with E-state index < -0.39 is 10.0 Å². The molecule has 3 rings (SSSR count). The fourth-order valence-corrected chi connectivity index (χ4v) is 4.35. The molecule has 0 aliphatic heterocycles. The van der Waals surface area contributed by atoms with Crippen LogP contribution in [0.5, 0.6) is 0 Å². The molecule has 0 aliphatic carbocycles. The fraction of sp³-hybridized carbons (Fsp3) is 0.208. The van der Waals surface area contributed by atoms with Crippen molar-refractivity contribution in [1.82, 2.24) is 0 Å². The molecule has 2 N–H and O–H groups in total. The summed E-state index contributed by atoms with van der Waals surface area (Å²) in [7, 11) is -3.74. The first-order chi connectivity index (χ1) is 14.2. The number of hydrogen-bond acceptors (Lipinski definition) is 3. The Morgan fingerprint density at radius 3 is 2.23 bits per heavy atom. The van der Waals surface area contributed by atoms with E-state index in [9.17, 15) is 13.2 Å². The van der Waals surface area contributed by atoms with Crippen molar-refractivity contribution < 1.29 is 13.2 Å². The van der Waals surface area contributed by atoms with Crippen LogP contribution in [0.4, 0.5) is 11.4 Å². The molecule has 3 aromatic rings. The zero-order valence-electron chi connectivity index (χ0n) is 17.6. The highest BCUT2D eigenvalue weighted by atomic mass is 32.2. The molecule has 0 fully saturated rings. The zero-order chi connectivity index (χ0) is 21.9. The molecule has 0 saturated carbocycles. The molecule has 156 valence electrons. The monoisotopic (exact) mass is 422 g/mol. The minimum Gasteiger partial charge on any atom is -0.321 e. The first kappa shape index (κ1) is 21.6. The maximum atomic E-state index is 13.0. The lowest BCUT2D eigenvalue weighted by atomic mass is 9.98. The highest BCUT2D eigenvalue weighted by molar-refractivity contribution is 7.92. The van der Waals surface area contributed by atoms with Gasteiger partial charge in [0.15, 0.2) is 0 Å². The average molecular weight is 423 g/mol. The van der Waals surface area contributed by atoms with Crippen molar-refractivity contribution in [3.05, 3.63) is 89.0 Å². The molecule has 1 amide bonds. The van der Waals surface area contributed by atoms with Gasteiger partial charge in [-0.3, -0.25) is 9.52 Å². The number of hydrogen-bond donors (Lipinski definition) is 2. The Bertz CT molecular complexity index is 1170. The summed E-state index contributed by atoms with van der Waals surface area (Å²) in [6.07, 6.45) is 0. The van der Waals surface area contributed by atoms with E-state index in [0.29, 0.717) is 11.3 Å². The van der Waals surface area contributed by atoms with Crippen LogP contribution >= 0.6 is 0 Å². The van der Waals surface area contributed by atoms with Crippen molar-refractivity contribution in [1.29, 1.82) is 0 Å². The van der Waals surface area contributed by atoms with Crippen LogP contribution in [-0.4, -0.2) is 14.3 Å². The largest absolute Gasteiger partial charge is 0.321 e. The lowest BCUT2D eigenvalue weighted by Gasteiger charge is -2.17. The molecule has 3 aromatic carbocycles. The van der Waals surface area contributed by atoms with Crippen LogP contribution in [0.1, 0.15) is 46.8 Å². The third-order valence-electron chi connectivity index (χ3n) is 4.96. The van der Waals surface area contributed by atoms with Crippen molar-refractivity contribution in [2.75, 3.05) is 10.0 Å². The molecule has 0 spiro atoms. The molecule has 30 heavy (non-hydrogen) atoms. The summed E-state index contributed by atoms with van der Waals surface area (Å²) < 4.78 is 28.0. The summed E-state index contributed by atoms with van der Waals surface area (Å²) in [4.78, 5) is 13.1. The second-order valence-electron chi connectivity index (χ2n) is 7.60. The van der Waals surface area contributed by atoms with Gasteiger partial charge < -0.3 is 5.32 Å². The predicted molar refractivity (Wildman–Crippen MR) is 122 cm³/mol. The minimum absolute atomic E-state index is 0.167. The van der Waals surface area contributed by atoms with Gasteiger partial charge in [-0.25, -0.2) is 8.42 Å². The molecule has 5 nitrogen and oxygen atoms in total. The Balaban J connectivity index is 1.90. The third kappa shape index (κ3) is 4.71. The maximum Gasteiger partial charge on any atom is 0.261 e. The van der Waals surface area contributed by atoms with Crippen molar-refractivity contribution in [3.63, 3.8) is 0 Å². The molecular formula is C24H26N2O3S. The Morgan fingerprint density at radius 2 is 1.57 bits per heavy atom. The van der Waals surface area contributed by atoms with Crippen molar-refractivity contribution >= 4 is 27.3 Å². The van der Waals surface area contributed by atoms with Gasteiger partial charge in [-0.2, -0.15) is 0 Å². The van der Waals surface area contributed by atoms with Gasteiger partial charge in [0.1, 0.15) is 0 Å². The standard InChI is InChI=1S/C24H26N2O3S/c1-16(2)21-12-8-9-18(4)23(21)25-24(27)19-14-13-17(3)22(15-19)26-30(28,29)20-10-6-5-7-11-20/h5-16,26H,1-4H3,(H,25,27). The summed E-state index contributed by atoms with van der Waals surface area (Å²) in [6.45, 7) is 7.90. The number of amides is 1. The fourth-order valence-electron chi connectivity index (χ4n) is 3.20. The molecule has 0 radical (unpaired) electrons. The van der Waals surface area contributed by atoms with Gasteiger partial charge in [0.2, 0.25) is 0 Å². The molecule has 0 saturated heterocycles. The van der Waals surface area contributed by atoms with Crippen LogP contribution in [0.3, 0.4) is 0 Å². The number of aryl methyl sites for hydroxylation is 2. The number of anilines is 2. The molecule has 0 aliphatic rings. The summed E-state index contributed by atoms with van der Waals surface area (Å²) in [5, 5.41) is 3.00. The van der Waals surface area contributed by atoms with E-state index in [1.54, 1.807) is 43.3 Å². The van der Waals surface area contributed by atoms with E-state index in [1.165, 1.54) is 12.1 Å². The van der Waals surface area contributed by atoms with E-state index in [0.717, 1.165) is 22.4 Å². The number of carbonyl (C=O) groups is 1. The molecule has 0 unspecified atom stereocenters.